The zero-order chi connectivity index (χ0) is 22.2. The first-order valence-corrected chi connectivity index (χ1v) is 11.6. The molecule has 31 heavy (non-hydrogen) atoms. The van der Waals surface area contributed by atoms with Gasteiger partial charge in [0.2, 0.25) is 10.0 Å². The normalized spacial score (nSPS) is 16.8. The van der Waals surface area contributed by atoms with E-state index in [1.165, 1.54) is 14.8 Å². The van der Waals surface area contributed by atoms with Crippen LogP contribution in [-0.2, 0) is 39.1 Å². The predicted octanol–water partition coefficient (Wildman–Crippen LogP) is 1.82. The van der Waals surface area contributed by atoms with Crippen LogP contribution in [0.1, 0.15) is 29.3 Å². The molecule has 0 aliphatic carbocycles. The van der Waals surface area contributed by atoms with Crippen LogP contribution in [-0.4, -0.2) is 39.9 Å². The van der Waals surface area contributed by atoms with Gasteiger partial charge in [0.25, 0.3) is 5.56 Å². The third-order valence-corrected chi connectivity index (χ3v) is 7.25. The Morgan fingerprint density at radius 2 is 1.94 bits per heavy atom. The lowest BCUT2D eigenvalue weighted by molar-refractivity contribution is -0.150. The molecule has 0 amide bonds. The van der Waals surface area contributed by atoms with Gasteiger partial charge in [0.15, 0.2) is 0 Å². The van der Waals surface area contributed by atoms with Gasteiger partial charge in [-0.25, -0.2) is 13.4 Å². The van der Waals surface area contributed by atoms with Crippen molar-refractivity contribution in [2.24, 2.45) is 0 Å². The Morgan fingerprint density at radius 1 is 1.19 bits per heavy atom. The fraction of sp³-hybridized carbons (Fsp3) is 0.318. The number of benzene rings is 1. The number of carbonyl (C=O) groups is 1. The highest BCUT2D eigenvalue weighted by Gasteiger charge is 2.39. The summed E-state index contributed by atoms with van der Waals surface area (Å²) >= 11 is 0. The molecule has 0 unspecified atom stereocenters. The molecule has 0 N–H and O–H groups in total. The number of ether oxygens (including phenoxy) is 1. The second-order valence-electron chi connectivity index (χ2n) is 7.56. The summed E-state index contributed by atoms with van der Waals surface area (Å²) in [5, 5.41) is 0. The molecular formula is C22H23N3O5S. The van der Waals surface area contributed by atoms with Crippen molar-refractivity contribution >= 4 is 21.6 Å². The molecule has 1 aromatic carbocycles. The first kappa shape index (κ1) is 21.2. The Bertz CT molecular complexity index is 1320. The maximum Gasteiger partial charge on any atom is 0.325 e. The summed E-state index contributed by atoms with van der Waals surface area (Å²) in [6.07, 6.45) is 1.93. The lowest BCUT2D eigenvalue weighted by Crippen LogP contribution is -2.49. The Morgan fingerprint density at radius 3 is 2.68 bits per heavy atom. The van der Waals surface area contributed by atoms with E-state index in [4.69, 9.17) is 4.74 Å². The molecule has 3 heterocycles. The maximum absolute atomic E-state index is 12.9. The topological polar surface area (TPSA) is 98.0 Å². The van der Waals surface area contributed by atoms with E-state index in [1.807, 2.05) is 37.3 Å². The summed E-state index contributed by atoms with van der Waals surface area (Å²) in [5.41, 5.74) is 3.20. The molecule has 1 aliphatic rings. The van der Waals surface area contributed by atoms with Crippen molar-refractivity contribution in [2.75, 3.05) is 5.75 Å². The Hall–Kier alpha value is -3.04. The molecule has 0 radical (unpaired) electrons. The van der Waals surface area contributed by atoms with E-state index in [9.17, 15) is 18.0 Å². The molecule has 0 spiro atoms. The molecule has 1 aliphatic heterocycles. The number of nitrogens with zero attached hydrogens (tertiary/aromatic N) is 3. The van der Waals surface area contributed by atoms with Crippen LogP contribution in [0.3, 0.4) is 0 Å². The minimum absolute atomic E-state index is 0.110. The first-order chi connectivity index (χ1) is 14.8. The fourth-order valence-corrected chi connectivity index (χ4v) is 4.95. The van der Waals surface area contributed by atoms with Gasteiger partial charge in [-0.05, 0) is 36.6 Å². The molecule has 0 bridgehead atoms. The van der Waals surface area contributed by atoms with Crippen LogP contribution in [0.4, 0.5) is 0 Å². The van der Waals surface area contributed by atoms with E-state index in [2.05, 4.69) is 4.98 Å². The van der Waals surface area contributed by atoms with Crippen molar-refractivity contribution in [3.05, 3.63) is 81.4 Å². The Labute approximate surface area is 180 Å². The van der Waals surface area contributed by atoms with Crippen molar-refractivity contribution in [2.45, 2.75) is 39.5 Å². The smallest absolute Gasteiger partial charge is 0.325 e. The molecule has 0 fully saturated rings. The van der Waals surface area contributed by atoms with Gasteiger partial charge in [0.05, 0.1) is 11.4 Å². The monoisotopic (exact) mass is 441 g/mol. The number of sulfonamides is 1. The standard InChI is InChI=1S/C22H23N3O5S/c1-3-31(28,29)25-13-17-7-5-4-6-16(17)10-19(25)22(27)30-14-18-11-21(26)24-12-15(2)8-9-20(24)23-18/h4-9,11-12,19H,3,10,13-14H2,1-2H3/t19-/m0/s1. The van der Waals surface area contributed by atoms with E-state index < -0.39 is 22.0 Å². The van der Waals surface area contributed by atoms with Crippen LogP contribution in [0, 0.1) is 6.92 Å². The molecule has 3 aromatic rings. The maximum atomic E-state index is 12.9. The number of esters is 1. The number of aryl methyl sites for hydroxylation is 1. The summed E-state index contributed by atoms with van der Waals surface area (Å²) in [5.74, 6) is -0.765. The number of hydrogen-bond donors (Lipinski definition) is 0. The Balaban J connectivity index is 1.57. The third kappa shape index (κ3) is 4.24. The van der Waals surface area contributed by atoms with Gasteiger partial charge in [-0.3, -0.25) is 14.0 Å². The summed E-state index contributed by atoms with van der Waals surface area (Å²) in [4.78, 5) is 29.6. The lowest BCUT2D eigenvalue weighted by atomic mass is 9.96. The van der Waals surface area contributed by atoms with Gasteiger partial charge < -0.3 is 4.74 Å². The highest BCUT2D eigenvalue weighted by molar-refractivity contribution is 7.89. The molecule has 1 atom stereocenters. The van der Waals surface area contributed by atoms with Crippen molar-refractivity contribution in [1.82, 2.24) is 13.7 Å². The number of fused-ring (bicyclic) bond motifs is 2. The van der Waals surface area contributed by atoms with Crippen molar-refractivity contribution in [3.63, 3.8) is 0 Å². The predicted molar refractivity (Wildman–Crippen MR) is 115 cm³/mol. The number of aromatic nitrogens is 2. The summed E-state index contributed by atoms with van der Waals surface area (Å²) in [6.45, 7) is 3.34. The highest BCUT2D eigenvalue weighted by atomic mass is 32.2. The lowest BCUT2D eigenvalue weighted by Gasteiger charge is -2.34. The third-order valence-electron chi connectivity index (χ3n) is 5.42. The summed E-state index contributed by atoms with van der Waals surface area (Å²) in [7, 11) is -3.62. The van der Waals surface area contributed by atoms with Crippen LogP contribution in [0.25, 0.3) is 5.65 Å². The summed E-state index contributed by atoms with van der Waals surface area (Å²) in [6, 6.07) is 11.4. The molecule has 9 heteroatoms. The van der Waals surface area contributed by atoms with Gasteiger partial charge >= 0.3 is 5.97 Å². The second kappa shape index (κ2) is 8.24. The molecule has 0 saturated heterocycles. The first-order valence-electron chi connectivity index (χ1n) is 10.0. The second-order valence-corrected chi connectivity index (χ2v) is 9.77. The number of hydrogen-bond acceptors (Lipinski definition) is 6. The molecule has 0 saturated carbocycles. The van der Waals surface area contributed by atoms with E-state index >= 15 is 0 Å². The van der Waals surface area contributed by atoms with Crippen LogP contribution in [0.2, 0.25) is 0 Å². The van der Waals surface area contributed by atoms with Crippen molar-refractivity contribution in [1.29, 1.82) is 0 Å². The van der Waals surface area contributed by atoms with Crippen molar-refractivity contribution < 1.29 is 17.9 Å². The zero-order valence-corrected chi connectivity index (χ0v) is 18.1. The average Bonchev–Trinajstić information content (AvgIpc) is 2.77. The molecule has 4 rings (SSSR count). The average molecular weight is 442 g/mol. The minimum atomic E-state index is -3.62. The van der Waals surface area contributed by atoms with E-state index in [-0.39, 0.29) is 30.9 Å². The highest BCUT2D eigenvalue weighted by Crippen LogP contribution is 2.27. The zero-order valence-electron chi connectivity index (χ0n) is 17.3. The Kier molecular flexibility index (Phi) is 5.63. The van der Waals surface area contributed by atoms with Gasteiger partial charge in [0, 0.05) is 25.2 Å². The van der Waals surface area contributed by atoms with Gasteiger partial charge in [-0.2, -0.15) is 4.31 Å². The van der Waals surface area contributed by atoms with Gasteiger partial charge in [0.1, 0.15) is 18.3 Å². The van der Waals surface area contributed by atoms with Crippen LogP contribution < -0.4 is 5.56 Å². The minimum Gasteiger partial charge on any atom is -0.458 e. The summed E-state index contributed by atoms with van der Waals surface area (Å²) < 4.78 is 33.3. The molecular weight excluding hydrogens is 418 g/mol. The van der Waals surface area contributed by atoms with Crippen LogP contribution >= 0.6 is 0 Å². The van der Waals surface area contributed by atoms with E-state index in [1.54, 1.807) is 19.2 Å². The van der Waals surface area contributed by atoms with E-state index in [0.717, 1.165) is 16.7 Å². The number of pyridine rings is 1. The molecule has 162 valence electrons. The quantitative estimate of drug-likeness (QED) is 0.560. The van der Waals surface area contributed by atoms with Crippen molar-refractivity contribution in [3.8, 4) is 0 Å². The van der Waals surface area contributed by atoms with Gasteiger partial charge in [-0.15, -0.1) is 0 Å². The number of rotatable bonds is 5. The SMILES string of the molecule is CCS(=O)(=O)N1Cc2ccccc2C[C@H]1C(=O)OCc1cc(=O)n2cc(C)ccc2n1. The van der Waals surface area contributed by atoms with Gasteiger partial charge in [-0.1, -0.05) is 30.3 Å². The van der Waals surface area contributed by atoms with E-state index in [0.29, 0.717) is 11.3 Å². The van der Waals surface area contributed by atoms with Crippen LogP contribution in [0.5, 0.6) is 0 Å². The number of carbonyl (C=O) groups excluding carboxylic acids is 1. The fourth-order valence-electron chi connectivity index (χ4n) is 3.73. The molecule has 8 nitrogen and oxygen atoms in total. The van der Waals surface area contributed by atoms with Crippen LogP contribution in [0.15, 0.2) is 53.5 Å². The molecule has 2 aromatic heterocycles. The largest absolute Gasteiger partial charge is 0.458 e.